The molecule has 0 spiro atoms. The zero-order chi connectivity index (χ0) is 24.8. The van der Waals surface area contributed by atoms with Crippen molar-refractivity contribution in [3.63, 3.8) is 0 Å². The van der Waals surface area contributed by atoms with Gasteiger partial charge in [0.25, 0.3) is 5.91 Å². The van der Waals surface area contributed by atoms with Gasteiger partial charge in [0.1, 0.15) is 5.69 Å². The molecule has 180 valence electrons. The van der Waals surface area contributed by atoms with E-state index in [1.807, 2.05) is 0 Å². The van der Waals surface area contributed by atoms with Crippen molar-refractivity contribution in [1.29, 1.82) is 0 Å². The van der Waals surface area contributed by atoms with Gasteiger partial charge in [-0.1, -0.05) is 6.07 Å². The first kappa shape index (κ1) is 25.0. The maximum absolute atomic E-state index is 13.1. The molecule has 1 N–H and O–H groups in total. The van der Waals surface area contributed by atoms with Gasteiger partial charge in [-0.2, -0.15) is 26.3 Å². The number of amides is 1. The molecule has 0 aliphatic heterocycles. The van der Waals surface area contributed by atoms with Gasteiger partial charge in [-0.25, -0.2) is 8.42 Å². The van der Waals surface area contributed by atoms with Crippen LogP contribution in [0.1, 0.15) is 48.3 Å². The molecule has 33 heavy (non-hydrogen) atoms. The molecule has 12 heteroatoms. The van der Waals surface area contributed by atoms with E-state index in [0.717, 1.165) is 30.3 Å². The number of aromatic nitrogens is 1. The molecule has 0 bridgehead atoms. The number of hydrogen-bond acceptors (Lipinski definition) is 4. The van der Waals surface area contributed by atoms with Crippen LogP contribution in [0.4, 0.5) is 26.3 Å². The van der Waals surface area contributed by atoms with Crippen molar-refractivity contribution >= 4 is 15.7 Å². The number of benzene rings is 1. The van der Waals surface area contributed by atoms with Crippen molar-refractivity contribution < 1.29 is 39.6 Å². The van der Waals surface area contributed by atoms with Gasteiger partial charge in [0.05, 0.1) is 20.8 Å². The van der Waals surface area contributed by atoms with Gasteiger partial charge in [0.2, 0.25) is 0 Å². The van der Waals surface area contributed by atoms with E-state index in [4.69, 9.17) is 0 Å². The largest absolute Gasteiger partial charge is 0.417 e. The molecule has 1 aromatic heterocycles. The summed E-state index contributed by atoms with van der Waals surface area (Å²) in [5, 5.41) is 2.59. The maximum atomic E-state index is 13.1. The molecule has 3 rings (SSSR count). The molecule has 1 aliphatic carbocycles. The van der Waals surface area contributed by atoms with Crippen molar-refractivity contribution in [2.75, 3.05) is 0 Å². The molecule has 1 fully saturated rings. The Bertz CT molecular complexity index is 1140. The predicted octanol–water partition coefficient (Wildman–Crippen LogP) is 4.88. The van der Waals surface area contributed by atoms with Gasteiger partial charge < -0.3 is 5.32 Å². The molecule has 2 aromatic rings. The second-order valence-corrected chi connectivity index (χ2v) is 10.9. The number of sulfone groups is 1. The number of nitrogens with one attached hydrogen (secondary N) is 1. The Hall–Kier alpha value is -2.63. The maximum Gasteiger partial charge on any atom is 0.417 e. The summed E-state index contributed by atoms with van der Waals surface area (Å²) in [5.41, 5.74) is -2.28. The van der Waals surface area contributed by atoms with Crippen LogP contribution in [0.25, 0.3) is 0 Å². The Morgan fingerprint density at radius 2 is 1.58 bits per heavy atom. The van der Waals surface area contributed by atoms with Crippen LogP contribution in [-0.2, 0) is 22.2 Å². The average Bonchev–Trinajstić information content (AvgIpc) is 2.68. The van der Waals surface area contributed by atoms with E-state index in [1.54, 1.807) is 0 Å². The Labute approximate surface area is 186 Å². The molecule has 0 atom stereocenters. The van der Waals surface area contributed by atoms with E-state index in [1.165, 1.54) is 13.8 Å². The second-order valence-electron chi connectivity index (χ2n) is 8.40. The average molecular weight is 494 g/mol. The quantitative estimate of drug-likeness (QED) is 0.602. The minimum Gasteiger partial charge on any atom is -0.348 e. The lowest BCUT2D eigenvalue weighted by atomic mass is 9.73. The molecule has 1 amide bonds. The highest BCUT2D eigenvalue weighted by atomic mass is 32.2. The lowest BCUT2D eigenvalue weighted by molar-refractivity contribution is -0.138. The molecule has 1 saturated carbocycles. The van der Waals surface area contributed by atoms with Crippen LogP contribution in [0.3, 0.4) is 0 Å². The van der Waals surface area contributed by atoms with E-state index in [9.17, 15) is 39.6 Å². The Morgan fingerprint density at radius 1 is 0.970 bits per heavy atom. The van der Waals surface area contributed by atoms with Crippen molar-refractivity contribution in [1.82, 2.24) is 10.3 Å². The highest BCUT2D eigenvalue weighted by Crippen LogP contribution is 2.44. The third-order valence-corrected chi connectivity index (χ3v) is 8.54. The zero-order valence-electron chi connectivity index (χ0n) is 17.5. The Kier molecular flexibility index (Phi) is 6.29. The van der Waals surface area contributed by atoms with Crippen molar-refractivity contribution in [2.45, 2.75) is 54.7 Å². The number of carbonyl (C=O) groups is 1. The van der Waals surface area contributed by atoms with Crippen LogP contribution in [0, 0.1) is 5.92 Å². The van der Waals surface area contributed by atoms with Gasteiger partial charge >= 0.3 is 12.4 Å². The lowest BCUT2D eigenvalue weighted by Crippen LogP contribution is -2.53. The van der Waals surface area contributed by atoms with E-state index >= 15 is 0 Å². The minimum absolute atomic E-state index is 0.220. The van der Waals surface area contributed by atoms with Crippen LogP contribution in [-0.4, -0.2) is 30.1 Å². The summed E-state index contributed by atoms with van der Waals surface area (Å²) < 4.78 is 102. The van der Waals surface area contributed by atoms with Gasteiger partial charge in [-0.05, 0) is 62.9 Å². The summed E-state index contributed by atoms with van der Waals surface area (Å²) in [6.45, 7) is 2.84. The summed E-state index contributed by atoms with van der Waals surface area (Å²) >= 11 is 0. The normalized spacial score (nSPS) is 19.6. The molecular formula is C21H20F6N2O3S. The van der Waals surface area contributed by atoms with E-state index < -0.39 is 60.8 Å². The predicted molar refractivity (Wildman–Crippen MR) is 106 cm³/mol. The SMILES string of the molecule is CC(C)(C1CC(NC(=O)c2ccc(C(F)(F)F)cn2)C1)S(=O)(=O)c1cccc(C(F)(F)F)c1. The van der Waals surface area contributed by atoms with Crippen molar-refractivity contribution in [3.8, 4) is 0 Å². The molecule has 1 aromatic carbocycles. The second kappa shape index (κ2) is 8.30. The first-order valence-corrected chi connectivity index (χ1v) is 11.3. The number of hydrogen-bond donors (Lipinski definition) is 1. The van der Waals surface area contributed by atoms with E-state index in [-0.39, 0.29) is 18.5 Å². The zero-order valence-corrected chi connectivity index (χ0v) is 18.3. The van der Waals surface area contributed by atoms with Crippen LogP contribution in [0.2, 0.25) is 0 Å². The number of alkyl halides is 6. The number of carbonyl (C=O) groups excluding carboxylic acids is 1. The monoisotopic (exact) mass is 494 g/mol. The van der Waals surface area contributed by atoms with Gasteiger partial charge in [-0.15, -0.1) is 0 Å². The van der Waals surface area contributed by atoms with E-state index in [0.29, 0.717) is 12.3 Å². The molecule has 0 radical (unpaired) electrons. The number of nitrogens with zero attached hydrogens (tertiary/aromatic N) is 1. The molecule has 1 aliphatic rings. The fourth-order valence-corrected chi connectivity index (χ4v) is 5.40. The topological polar surface area (TPSA) is 76.1 Å². The van der Waals surface area contributed by atoms with Crippen LogP contribution < -0.4 is 5.32 Å². The summed E-state index contributed by atoms with van der Waals surface area (Å²) in [6, 6.07) is 4.77. The first-order chi connectivity index (χ1) is 15.0. The Morgan fingerprint density at radius 3 is 2.09 bits per heavy atom. The van der Waals surface area contributed by atoms with Crippen LogP contribution >= 0.6 is 0 Å². The summed E-state index contributed by atoms with van der Waals surface area (Å²) in [4.78, 5) is 15.3. The molecule has 5 nitrogen and oxygen atoms in total. The fourth-order valence-electron chi connectivity index (χ4n) is 3.62. The van der Waals surface area contributed by atoms with Crippen molar-refractivity contribution in [3.05, 3.63) is 59.4 Å². The van der Waals surface area contributed by atoms with Gasteiger partial charge in [0, 0.05) is 12.2 Å². The van der Waals surface area contributed by atoms with Gasteiger partial charge in [-0.3, -0.25) is 9.78 Å². The number of halogens is 6. The minimum atomic E-state index is -4.69. The lowest BCUT2D eigenvalue weighted by Gasteiger charge is -2.44. The number of rotatable bonds is 5. The third kappa shape index (κ3) is 4.99. The molecule has 1 heterocycles. The first-order valence-electron chi connectivity index (χ1n) is 9.79. The van der Waals surface area contributed by atoms with E-state index in [2.05, 4.69) is 10.3 Å². The third-order valence-electron chi connectivity index (χ3n) is 5.94. The highest BCUT2D eigenvalue weighted by molar-refractivity contribution is 7.92. The van der Waals surface area contributed by atoms with Gasteiger partial charge in [0.15, 0.2) is 9.84 Å². The highest BCUT2D eigenvalue weighted by Gasteiger charge is 2.49. The molecule has 0 unspecified atom stereocenters. The standard InChI is InChI=1S/C21H20F6N2O3S/c1-19(2,33(31,32)16-5-3-4-12(10-16)20(22,23)24)14-8-15(9-14)29-18(30)17-7-6-13(11-28-17)21(25,26)27/h3-7,10-11,14-15H,8-9H2,1-2H3,(H,29,30). The van der Waals surface area contributed by atoms with Crippen LogP contribution in [0.5, 0.6) is 0 Å². The summed E-state index contributed by atoms with van der Waals surface area (Å²) in [7, 11) is -4.14. The molecule has 0 saturated heterocycles. The summed E-state index contributed by atoms with van der Waals surface area (Å²) in [6.07, 6.45) is -8.26. The van der Waals surface area contributed by atoms with Crippen molar-refractivity contribution in [2.24, 2.45) is 5.92 Å². The Balaban J connectivity index is 1.66. The number of pyridine rings is 1. The van der Waals surface area contributed by atoms with Crippen LogP contribution in [0.15, 0.2) is 47.5 Å². The smallest absolute Gasteiger partial charge is 0.348 e. The summed E-state index contributed by atoms with van der Waals surface area (Å²) in [5.74, 6) is -1.16. The molecular weight excluding hydrogens is 474 g/mol. The fraction of sp³-hybridized carbons (Fsp3) is 0.429.